The molecular formula is C20H27N5O. The van der Waals surface area contributed by atoms with Crippen molar-refractivity contribution >= 4 is 23.2 Å². The van der Waals surface area contributed by atoms with Crippen LogP contribution in [0.2, 0.25) is 0 Å². The van der Waals surface area contributed by atoms with Gasteiger partial charge in [-0.25, -0.2) is 9.97 Å². The largest absolute Gasteiger partial charge is 0.372 e. The van der Waals surface area contributed by atoms with Crippen molar-refractivity contribution in [1.82, 2.24) is 15.3 Å². The first-order valence-corrected chi connectivity index (χ1v) is 9.49. The number of carbonyl (C=O) groups excluding carboxylic acids is 1. The predicted molar refractivity (Wildman–Crippen MR) is 105 cm³/mol. The monoisotopic (exact) mass is 353 g/mol. The van der Waals surface area contributed by atoms with Crippen molar-refractivity contribution < 1.29 is 4.79 Å². The first kappa shape index (κ1) is 18.2. The first-order chi connectivity index (χ1) is 12.8. The van der Waals surface area contributed by atoms with Crippen molar-refractivity contribution in [2.75, 3.05) is 29.9 Å². The summed E-state index contributed by atoms with van der Waals surface area (Å²) >= 11 is 0. The molecule has 1 amide bonds. The number of benzene rings is 1. The smallest absolute Gasteiger partial charge is 0.270 e. The van der Waals surface area contributed by atoms with Crippen molar-refractivity contribution in [3.63, 3.8) is 0 Å². The van der Waals surface area contributed by atoms with Crippen LogP contribution in [0.15, 0.2) is 36.5 Å². The lowest BCUT2D eigenvalue weighted by atomic mass is 10.1. The summed E-state index contributed by atoms with van der Waals surface area (Å²) in [5, 5.41) is 6.05. The van der Waals surface area contributed by atoms with E-state index in [2.05, 4.69) is 44.6 Å². The molecule has 0 atom stereocenters. The molecule has 6 nitrogen and oxygen atoms in total. The molecule has 3 rings (SSSR count). The van der Waals surface area contributed by atoms with Crippen molar-refractivity contribution in [2.45, 2.75) is 39.0 Å². The second-order valence-electron chi connectivity index (χ2n) is 6.59. The number of nitrogens with zero attached hydrogens (tertiary/aromatic N) is 3. The number of rotatable bonds is 7. The van der Waals surface area contributed by atoms with Crippen molar-refractivity contribution in [3.05, 3.63) is 42.2 Å². The molecule has 0 aliphatic carbocycles. The van der Waals surface area contributed by atoms with Gasteiger partial charge in [-0.05, 0) is 56.0 Å². The summed E-state index contributed by atoms with van der Waals surface area (Å²) in [6.07, 6.45) is 7.47. The number of unbranched alkanes of at least 4 members (excludes halogenated alkanes) is 1. The second-order valence-corrected chi connectivity index (χ2v) is 6.59. The summed E-state index contributed by atoms with van der Waals surface area (Å²) in [4.78, 5) is 23.1. The maximum atomic E-state index is 12.1. The summed E-state index contributed by atoms with van der Waals surface area (Å²) < 4.78 is 0. The molecule has 0 bridgehead atoms. The van der Waals surface area contributed by atoms with E-state index in [0.29, 0.717) is 18.2 Å². The van der Waals surface area contributed by atoms with Gasteiger partial charge in [0.25, 0.3) is 5.91 Å². The normalized spacial score (nSPS) is 14.1. The molecule has 6 heteroatoms. The van der Waals surface area contributed by atoms with E-state index in [1.54, 1.807) is 12.3 Å². The Morgan fingerprint density at radius 2 is 1.88 bits per heavy atom. The maximum Gasteiger partial charge on any atom is 0.270 e. The highest BCUT2D eigenvalue weighted by molar-refractivity contribution is 5.92. The summed E-state index contributed by atoms with van der Waals surface area (Å²) in [7, 11) is 0. The number of hydrogen-bond acceptors (Lipinski definition) is 5. The molecule has 1 aliphatic heterocycles. The van der Waals surface area contributed by atoms with Crippen LogP contribution in [-0.2, 0) is 0 Å². The third kappa shape index (κ3) is 4.94. The lowest BCUT2D eigenvalue weighted by Crippen LogP contribution is -2.29. The van der Waals surface area contributed by atoms with Crippen LogP contribution < -0.4 is 15.5 Å². The van der Waals surface area contributed by atoms with E-state index in [1.165, 1.54) is 24.9 Å². The van der Waals surface area contributed by atoms with Crippen LogP contribution in [0, 0.1) is 0 Å². The van der Waals surface area contributed by atoms with Crippen molar-refractivity contribution in [1.29, 1.82) is 0 Å². The Bertz CT molecular complexity index is 710. The number of nitrogens with one attached hydrogen (secondary N) is 2. The molecule has 1 saturated heterocycles. The van der Waals surface area contributed by atoms with Gasteiger partial charge in [0.05, 0.1) is 0 Å². The van der Waals surface area contributed by atoms with Crippen LogP contribution in [0.4, 0.5) is 17.3 Å². The van der Waals surface area contributed by atoms with Crippen LogP contribution in [0.5, 0.6) is 0 Å². The van der Waals surface area contributed by atoms with Gasteiger partial charge in [-0.3, -0.25) is 4.79 Å². The molecule has 1 aromatic carbocycles. The minimum Gasteiger partial charge on any atom is -0.372 e. The number of anilines is 3. The Morgan fingerprint density at radius 1 is 1.12 bits per heavy atom. The molecule has 1 fully saturated rings. The Labute approximate surface area is 155 Å². The van der Waals surface area contributed by atoms with Crippen molar-refractivity contribution in [2.24, 2.45) is 0 Å². The van der Waals surface area contributed by atoms with Gasteiger partial charge in [0.15, 0.2) is 0 Å². The lowest BCUT2D eigenvalue weighted by Gasteiger charge is -2.28. The van der Waals surface area contributed by atoms with E-state index in [4.69, 9.17) is 0 Å². The Morgan fingerprint density at radius 3 is 2.62 bits per heavy atom. The van der Waals surface area contributed by atoms with Gasteiger partial charge in [0.1, 0.15) is 5.69 Å². The molecule has 2 N–H and O–H groups in total. The molecule has 2 aromatic rings. The van der Waals surface area contributed by atoms with Gasteiger partial charge < -0.3 is 15.5 Å². The minimum absolute atomic E-state index is 0.163. The van der Waals surface area contributed by atoms with Crippen molar-refractivity contribution in [3.8, 4) is 0 Å². The van der Waals surface area contributed by atoms with Crippen LogP contribution in [-0.4, -0.2) is 35.5 Å². The van der Waals surface area contributed by atoms with E-state index in [1.807, 2.05) is 12.1 Å². The molecule has 0 saturated carbocycles. The second kappa shape index (κ2) is 9.17. The van der Waals surface area contributed by atoms with Gasteiger partial charge in [0.2, 0.25) is 5.95 Å². The van der Waals surface area contributed by atoms with Crippen LogP contribution in [0.3, 0.4) is 0 Å². The standard InChI is InChI=1S/C20H27N5O/c1-2-3-12-21-19(26)18-11-13-22-20(24-18)23-16-7-9-17(10-8-16)25-14-5-4-6-15-25/h7-11,13H,2-6,12,14-15H2,1H3,(H,21,26)(H,22,23,24). The van der Waals surface area contributed by atoms with Gasteiger partial charge in [-0.1, -0.05) is 13.3 Å². The fourth-order valence-electron chi connectivity index (χ4n) is 3.05. The van der Waals surface area contributed by atoms with Gasteiger partial charge in [-0.15, -0.1) is 0 Å². The van der Waals surface area contributed by atoms with E-state index >= 15 is 0 Å². The van der Waals surface area contributed by atoms with Gasteiger partial charge in [-0.2, -0.15) is 0 Å². The first-order valence-electron chi connectivity index (χ1n) is 9.49. The fourth-order valence-corrected chi connectivity index (χ4v) is 3.05. The number of aromatic nitrogens is 2. The van der Waals surface area contributed by atoms with Crippen LogP contribution in [0.25, 0.3) is 0 Å². The Hall–Kier alpha value is -2.63. The molecular weight excluding hydrogens is 326 g/mol. The van der Waals surface area contributed by atoms with E-state index in [9.17, 15) is 4.79 Å². The Balaban J connectivity index is 1.61. The molecule has 0 spiro atoms. The molecule has 1 aliphatic rings. The number of carbonyl (C=O) groups is 1. The number of piperidine rings is 1. The zero-order chi connectivity index (χ0) is 18.2. The zero-order valence-electron chi connectivity index (χ0n) is 15.4. The molecule has 138 valence electrons. The van der Waals surface area contributed by atoms with E-state index < -0.39 is 0 Å². The lowest BCUT2D eigenvalue weighted by molar-refractivity contribution is 0.0948. The maximum absolute atomic E-state index is 12.1. The summed E-state index contributed by atoms with van der Waals surface area (Å²) in [6, 6.07) is 9.93. The van der Waals surface area contributed by atoms with E-state index in [-0.39, 0.29) is 5.91 Å². The highest BCUT2D eigenvalue weighted by Crippen LogP contribution is 2.22. The number of hydrogen-bond donors (Lipinski definition) is 2. The number of amides is 1. The topological polar surface area (TPSA) is 70.2 Å². The third-order valence-corrected chi connectivity index (χ3v) is 4.55. The zero-order valence-corrected chi connectivity index (χ0v) is 15.4. The average Bonchev–Trinajstić information content (AvgIpc) is 2.69. The molecule has 0 radical (unpaired) electrons. The highest BCUT2D eigenvalue weighted by atomic mass is 16.1. The van der Waals surface area contributed by atoms with E-state index in [0.717, 1.165) is 31.6 Å². The molecule has 2 heterocycles. The summed E-state index contributed by atoms with van der Waals surface area (Å²) in [5.41, 5.74) is 2.54. The quantitative estimate of drug-likeness (QED) is 0.742. The highest BCUT2D eigenvalue weighted by Gasteiger charge is 2.11. The fraction of sp³-hybridized carbons (Fsp3) is 0.450. The Kier molecular flexibility index (Phi) is 6.41. The summed E-state index contributed by atoms with van der Waals surface area (Å²) in [5.74, 6) is 0.267. The molecule has 26 heavy (non-hydrogen) atoms. The van der Waals surface area contributed by atoms with Crippen LogP contribution >= 0.6 is 0 Å². The third-order valence-electron chi connectivity index (χ3n) is 4.55. The molecule has 0 unspecified atom stereocenters. The summed E-state index contributed by atoms with van der Waals surface area (Å²) in [6.45, 7) is 5.02. The average molecular weight is 353 g/mol. The molecule has 1 aromatic heterocycles. The van der Waals surface area contributed by atoms with Gasteiger partial charge >= 0.3 is 0 Å². The SMILES string of the molecule is CCCCNC(=O)c1ccnc(Nc2ccc(N3CCCCC3)cc2)n1. The van der Waals surface area contributed by atoms with Crippen LogP contribution in [0.1, 0.15) is 49.5 Å². The minimum atomic E-state index is -0.163. The predicted octanol–water partition coefficient (Wildman–Crippen LogP) is 3.74. The van der Waals surface area contributed by atoms with Gasteiger partial charge in [0, 0.05) is 37.2 Å².